The highest BCUT2D eigenvalue weighted by Crippen LogP contribution is 2.10. The van der Waals surface area contributed by atoms with Gasteiger partial charge in [-0.15, -0.1) is 0 Å². The standard InChI is InChI=1S/C12H19N3O3/c1-4-5-10(12(17)18)13-11(16)6-9-7(2)14-15-8(9)3/h10H,4-6H2,1-3H3,(H,13,16)(H,14,15)(H,17,18)/t10-/m0/s1. The summed E-state index contributed by atoms with van der Waals surface area (Å²) in [6.07, 6.45) is 1.30. The number of aliphatic carboxylic acids is 1. The molecular formula is C12H19N3O3. The molecule has 0 saturated heterocycles. The van der Waals surface area contributed by atoms with Crippen molar-refractivity contribution in [3.63, 3.8) is 0 Å². The smallest absolute Gasteiger partial charge is 0.326 e. The maximum atomic E-state index is 11.8. The van der Waals surface area contributed by atoms with Crippen molar-refractivity contribution in [2.75, 3.05) is 0 Å². The van der Waals surface area contributed by atoms with E-state index in [0.29, 0.717) is 12.8 Å². The molecule has 1 atom stereocenters. The molecule has 1 aromatic rings. The summed E-state index contributed by atoms with van der Waals surface area (Å²) < 4.78 is 0. The lowest BCUT2D eigenvalue weighted by Gasteiger charge is -2.13. The summed E-state index contributed by atoms with van der Waals surface area (Å²) in [5.74, 6) is -1.28. The van der Waals surface area contributed by atoms with E-state index in [-0.39, 0.29) is 12.3 Å². The molecule has 3 N–H and O–H groups in total. The number of carbonyl (C=O) groups is 2. The van der Waals surface area contributed by atoms with Crippen LogP contribution in [0.2, 0.25) is 0 Å². The van der Waals surface area contributed by atoms with Crippen LogP contribution in [0.4, 0.5) is 0 Å². The van der Waals surface area contributed by atoms with Crippen molar-refractivity contribution in [3.05, 3.63) is 17.0 Å². The highest BCUT2D eigenvalue weighted by atomic mass is 16.4. The second-order valence-corrected chi connectivity index (χ2v) is 4.34. The number of nitrogens with zero attached hydrogens (tertiary/aromatic N) is 1. The lowest BCUT2D eigenvalue weighted by atomic mass is 10.1. The van der Waals surface area contributed by atoms with E-state index in [1.165, 1.54) is 0 Å². The summed E-state index contributed by atoms with van der Waals surface area (Å²) in [6.45, 7) is 5.53. The molecule has 1 heterocycles. The number of carbonyl (C=O) groups excluding carboxylic acids is 1. The van der Waals surface area contributed by atoms with Gasteiger partial charge < -0.3 is 10.4 Å². The van der Waals surface area contributed by atoms with E-state index in [4.69, 9.17) is 5.11 Å². The Morgan fingerprint density at radius 1 is 1.44 bits per heavy atom. The maximum Gasteiger partial charge on any atom is 0.326 e. The predicted molar refractivity (Wildman–Crippen MR) is 66.2 cm³/mol. The Hall–Kier alpha value is -1.85. The van der Waals surface area contributed by atoms with Gasteiger partial charge in [0.2, 0.25) is 5.91 Å². The first-order valence-corrected chi connectivity index (χ1v) is 5.98. The molecule has 0 radical (unpaired) electrons. The minimum Gasteiger partial charge on any atom is -0.480 e. The first-order chi connectivity index (χ1) is 8.45. The zero-order valence-electron chi connectivity index (χ0n) is 10.9. The zero-order valence-corrected chi connectivity index (χ0v) is 10.9. The van der Waals surface area contributed by atoms with Crippen molar-refractivity contribution < 1.29 is 14.7 Å². The first kappa shape index (κ1) is 14.2. The third kappa shape index (κ3) is 3.58. The number of H-pyrrole nitrogens is 1. The molecule has 0 fully saturated rings. The van der Waals surface area contributed by atoms with Crippen LogP contribution in [0.5, 0.6) is 0 Å². The molecule has 1 amide bonds. The van der Waals surface area contributed by atoms with Crippen molar-refractivity contribution in [2.24, 2.45) is 0 Å². The molecule has 0 aliphatic carbocycles. The van der Waals surface area contributed by atoms with E-state index in [0.717, 1.165) is 17.0 Å². The summed E-state index contributed by atoms with van der Waals surface area (Å²) in [6, 6.07) is -0.810. The van der Waals surface area contributed by atoms with Crippen LogP contribution < -0.4 is 5.32 Å². The van der Waals surface area contributed by atoms with Gasteiger partial charge in [0.1, 0.15) is 6.04 Å². The van der Waals surface area contributed by atoms with Gasteiger partial charge in [-0.25, -0.2) is 4.79 Å². The van der Waals surface area contributed by atoms with E-state index in [1.807, 2.05) is 20.8 Å². The molecule has 1 rings (SSSR count). The Kier molecular flexibility index (Phi) is 4.88. The number of aromatic amines is 1. The molecule has 100 valence electrons. The number of hydrogen-bond acceptors (Lipinski definition) is 3. The molecule has 0 spiro atoms. The number of carboxylic acids is 1. The van der Waals surface area contributed by atoms with E-state index < -0.39 is 12.0 Å². The maximum absolute atomic E-state index is 11.8. The molecule has 1 aromatic heterocycles. The third-order valence-electron chi connectivity index (χ3n) is 2.83. The van der Waals surface area contributed by atoms with Gasteiger partial charge in [0, 0.05) is 11.3 Å². The van der Waals surface area contributed by atoms with Gasteiger partial charge in [-0.2, -0.15) is 5.10 Å². The van der Waals surface area contributed by atoms with Crippen molar-refractivity contribution >= 4 is 11.9 Å². The molecule has 18 heavy (non-hydrogen) atoms. The average molecular weight is 253 g/mol. The number of amides is 1. The largest absolute Gasteiger partial charge is 0.480 e. The van der Waals surface area contributed by atoms with Gasteiger partial charge in [0.05, 0.1) is 12.1 Å². The summed E-state index contributed by atoms with van der Waals surface area (Å²) in [4.78, 5) is 22.7. The van der Waals surface area contributed by atoms with Gasteiger partial charge in [-0.3, -0.25) is 9.89 Å². The zero-order chi connectivity index (χ0) is 13.7. The quantitative estimate of drug-likeness (QED) is 0.703. The third-order valence-corrected chi connectivity index (χ3v) is 2.83. The van der Waals surface area contributed by atoms with Crippen LogP contribution in [0.25, 0.3) is 0 Å². The van der Waals surface area contributed by atoms with Crippen LogP contribution in [0.3, 0.4) is 0 Å². The lowest BCUT2D eigenvalue weighted by molar-refractivity contribution is -0.141. The van der Waals surface area contributed by atoms with Gasteiger partial charge in [0.15, 0.2) is 0 Å². The normalized spacial score (nSPS) is 12.2. The average Bonchev–Trinajstić information content (AvgIpc) is 2.60. The van der Waals surface area contributed by atoms with Crippen LogP contribution in [-0.4, -0.2) is 33.2 Å². The van der Waals surface area contributed by atoms with E-state index in [1.54, 1.807) is 0 Å². The number of rotatable bonds is 6. The van der Waals surface area contributed by atoms with Crippen molar-refractivity contribution in [2.45, 2.75) is 46.1 Å². The van der Waals surface area contributed by atoms with Gasteiger partial charge >= 0.3 is 5.97 Å². The Bertz CT molecular complexity index is 420. The summed E-state index contributed by atoms with van der Waals surface area (Å²) in [7, 11) is 0. The van der Waals surface area contributed by atoms with Crippen molar-refractivity contribution in [1.82, 2.24) is 15.5 Å². The summed E-state index contributed by atoms with van der Waals surface area (Å²) in [5, 5.41) is 18.3. The van der Waals surface area contributed by atoms with Crippen LogP contribution in [-0.2, 0) is 16.0 Å². The van der Waals surface area contributed by atoms with E-state index >= 15 is 0 Å². The van der Waals surface area contributed by atoms with Gasteiger partial charge in [0.25, 0.3) is 0 Å². The number of aromatic nitrogens is 2. The number of carboxylic acid groups (broad SMARTS) is 1. The van der Waals surface area contributed by atoms with Crippen molar-refractivity contribution in [1.29, 1.82) is 0 Å². The Balaban J connectivity index is 2.63. The second kappa shape index (κ2) is 6.18. The fraction of sp³-hybridized carbons (Fsp3) is 0.583. The fourth-order valence-corrected chi connectivity index (χ4v) is 1.79. The fourth-order valence-electron chi connectivity index (χ4n) is 1.79. The monoisotopic (exact) mass is 253 g/mol. The molecule has 0 aromatic carbocycles. The molecule has 0 aliphatic rings. The molecule has 0 aliphatic heterocycles. The lowest BCUT2D eigenvalue weighted by Crippen LogP contribution is -2.41. The number of aryl methyl sites for hydroxylation is 2. The minimum absolute atomic E-state index is 0.154. The van der Waals surface area contributed by atoms with E-state index in [9.17, 15) is 9.59 Å². The Morgan fingerprint density at radius 3 is 2.56 bits per heavy atom. The summed E-state index contributed by atoms with van der Waals surface area (Å²) in [5.41, 5.74) is 2.43. The van der Waals surface area contributed by atoms with Crippen LogP contribution in [0, 0.1) is 13.8 Å². The molecule has 0 unspecified atom stereocenters. The SMILES string of the molecule is CCC[C@H](NC(=O)Cc1c(C)n[nH]c1C)C(=O)O. The molecule has 0 bridgehead atoms. The molecule has 6 heteroatoms. The highest BCUT2D eigenvalue weighted by Gasteiger charge is 2.20. The van der Waals surface area contributed by atoms with Gasteiger partial charge in [-0.05, 0) is 20.3 Å². The summed E-state index contributed by atoms with van der Waals surface area (Å²) >= 11 is 0. The predicted octanol–water partition coefficient (Wildman–Crippen LogP) is 0.939. The second-order valence-electron chi connectivity index (χ2n) is 4.34. The number of hydrogen-bond donors (Lipinski definition) is 3. The highest BCUT2D eigenvalue weighted by molar-refractivity contribution is 5.85. The van der Waals surface area contributed by atoms with Crippen LogP contribution >= 0.6 is 0 Å². The minimum atomic E-state index is -0.995. The Morgan fingerprint density at radius 2 is 2.11 bits per heavy atom. The van der Waals surface area contributed by atoms with Crippen molar-refractivity contribution in [3.8, 4) is 0 Å². The van der Waals surface area contributed by atoms with Gasteiger partial charge in [-0.1, -0.05) is 13.3 Å². The number of nitrogens with one attached hydrogen (secondary N) is 2. The topological polar surface area (TPSA) is 95.1 Å². The molecule has 0 saturated carbocycles. The van der Waals surface area contributed by atoms with Crippen LogP contribution in [0.1, 0.15) is 36.7 Å². The molecular weight excluding hydrogens is 234 g/mol. The Labute approximate surface area is 106 Å². The van der Waals surface area contributed by atoms with Crippen LogP contribution in [0.15, 0.2) is 0 Å². The first-order valence-electron chi connectivity index (χ1n) is 5.98. The molecule has 6 nitrogen and oxygen atoms in total. The van der Waals surface area contributed by atoms with E-state index in [2.05, 4.69) is 15.5 Å².